The molecule has 0 heterocycles. The second-order valence-electron chi connectivity index (χ2n) is 7.52. The van der Waals surface area contributed by atoms with Crippen LogP contribution in [0.4, 0.5) is 5.69 Å². The molecule has 2 amide bonds. The van der Waals surface area contributed by atoms with Crippen molar-refractivity contribution in [1.82, 2.24) is 10.2 Å². The number of rotatable bonds is 11. The van der Waals surface area contributed by atoms with Crippen molar-refractivity contribution in [3.63, 3.8) is 0 Å². The number of carbonyl (C=O) groups excluding carboxylic acids is 2. The Bertz CT molecular complexity index is 983. The number of benzene rings is 2. The molecular weight excluding hydrogens is 494 g/mol. The summed E-state index contributed by atoms with van der Waals surface area (Å²) in [4.78, 5) is 37.8. The predicted molar refractivity (Wildman–Crippen MR) is 127 cm³/mol. The third-order valence-electron chi connectivity index (χ3n) is 5.14. The summed E-state index contributed by atoms with van der Waals surface area (Å²) >= 11 is 3.39. The first-order valence-corrected chi connectivity index (χ1v) is 11.2. The molecule has 2 atom stereocenters. The van der Waals surface area contributed by atoms with E-state index in [1.807, 2.05) is 38.1 Å². The Morgan fingerprint density at radius 2 is 1.85 bits per heavy atom. The van der Waals surface area contributed by atoms with Crippen LogP contribution in [0, 0.1) is 10.1 Å². The number of ether oxygens (including phenoxy) is 2. The molecule has 2 rings (SSSR count). The average molecular weight is 522 g/mol. The molecule has 0 spiro atoms. The van der Waals surface area contributed by atoms with Crippen molar-refractivity contribution in [2.24, 2.45) is 0 Å². The third-order valence-corrected chi connectivity index (χ3v) is 5.67. The minimum Gasteiger partial charge on any atom is -0.490 e. The zero-order valence-electron chi connectivity index (χ0n) is 19.0. The molecule has 0 aliphatic heterocycles. The Labute approximate surface area is 201 Å². The highest BCUT2D eigenvalue weighted by atomic mass is 79.9. The van der Waals surface area contributed by atoms with Crippen LogP contribution >= 0.6 is 15.9 Å². The SMILES string of the molecule is CC[C@@H](C)NC(=O)[C@@H](C)N(Cc1ccc(Br)cc1)C(=O)COc1ccc([N+](=O)[O-])c(OC)c1. The molecule has 0 bridgehead atoms. The van der Waals surface area contributed by atoms with Gasteiger partial charge in [0.2, 0.25) is 11.7 Å². The molecule has 1 N–H and O–H groups in total. The van der Waals surface area contributed by atoms with Crippen LogP contribution in [0.5, 0.6) is 11.5 Å². The van der Waals surface area contributed by atoms with Gasteiger partial charge in [0.15, 0.2) is 6.61 Å². The van der Waals surface area contributed by atoms with Crippen molar-refractivity contribution in [2.75, 3.05) is 13.7 Å². The molecular formula is C23H28BrN3O6. The number of amides is 2. The number of nitrogens with zero attached hydrogens (tertiary/aromatic N) is 2. The standard InChI is InChI=1S/C23H28BrN3O6/c1-5-15(2)25-23(29)16(3)26(13-17-6-8-18(24)9-7-17)22(28)14-33-19-10-11-20(27(30)31)21(12-19)32-4/h6-12,15-16H,5,13-14H2,1-4H3,(H,25,29)/t15-,16-/m1/s1. The lowest BCUT2D eigenvalue weighted by Gasteiger charge is -2.29. The lowest BCUT2D eigenvalue weighted by atomic mass is 10.1. The van der Waals surface area contributed by atoms with Crippen LogP contribution in [0.15, 0.2) is 46.9 Å². The quantitative estimate of drug-likeness (QED) is 0.352. The third kappa shape index (κ3) is 7.45. The fraction of sp³-hybridized carbons (Fsp3) is 0.391. The first kappa shape index (κ1) is 26.1. The van der Waals surface area contributed by atoms with E-state index in [0.717, 1.165) is 16.5 Å². The number of nitro groups is 1. The van der Waals surface area contributed by atoms with E-state index in [2.05, 4.69) is 21.2 Å². The second-order valence-corrected chi connectivity index (χ2v) is 8.44. The Kier molecular flexibility index (Phi) is 9.65. The van der Waals surface area contributed by atoms with Gasteiger partial charge in [-0.15, -0.1) is 0 Å². The maximum Gasteiger partial charge on any atom is 0.311 e. The molecule has 0 unspecified atom stereocenters. The van der Waals surface area contributed by atoms with Crippen LogP contribution in [0.25, 0.3) is 0 Å². The number of carbonyl (C=O) groups is 2. The number of hydrogen-bond acceptors (Lipinski definition) is 6. The molecule has 2 aromatic carbocycles. The highest BCUT2D eigenvalue weighted by Crippen LogP contribution is 2.30. The Hall–Kier alpha value is -3.14. The summed E-state index contributed by atoms with van der Waals surface area (Å²) in [6.07, 6.45) is 0.768. The molecule has 0 aromatic heterocycles. The van der Waals surface area contributed by atoms with E-state index in [9.17, 15) is 19.7 Å². The van der Waals surface area contributed by atoms with Crippen molar-refractivity contribution in [2.45, 2.75) is 45.8 Å². The van der Waals surface area contributed by atoms with Gasteiger partial charge in [0.25, 0.3) is 5.91 Å². The number of nitro benzene ring substituents is 1. The minimum absolute atomic E-state index is 0.0200. The molecule has 0 fully saturated rings. The van der Waals surface area contributed by atoms with E-state index in [-0.39, 0.29) is 42.3 Å². The zero-order valence-corrected chi connectivity index (χ0v) is 20.6. The maximum absolute atomic E-state index is 13.1. The molecule has 10 heteroatoms. The summed E-state index contributed by atoms with van der Waals surface area (Å²) in [6, 6.07) is 10.7. The fourth-order valence-electron chi connectivity index (χ4n) is 2.96. The van der Waals surface area contributed by atoms with E-state index in [0.29, 0.717) is 0 Å². The van der Waals surface area contributed by atoms with Gasteiger partial charge in [0.05, 0.1) is 12.0 Å². The van der Waals surface area contributed by atoms with E-state index in [4.69, 9.17) is 9.47 Å². The van der Waals surface area contributed by atoms with E-state index >= 15 is 0 Å². The topological polar surface area (TPSA) is 111 Å². The molecule has 2 aromatic rings. The fourth-order valence-corrected chi connectivity index (χ4v) is 3.23. The van der Waals surface area contributed by atoms with E-state index in [1.54, 1.807) is 6.92 Å². The summed E-state index contributed by atoms with van der Waals surface area (Å²) in [5.74, 6) is -0.391. The number of methoxy groups -OCH3 is 1. The highest BCUT2D eigenvalue weighted by Gasteiger charge is 2.27. The molecule has 0 radical (unpaired) electrons. The van der Waals surface area contributed by atoms with Crippen molar-refractivity contribution in [3.05, 3.63) is 62.6 Å². The van der Waals surface area contributed by atoms with Gasteiger partial charge in [0, 0.05) is 29.2 Å². The van der Waals surface area contributed by atoms with Gasteiger partial charge < -0.3 is 19.7 Å². The zero-order chi connectivity index (χ0) is 24.5. The summed E-state index contributed by atoms with van der Waals surface area (Å²) in [7, 11) is 1.31. The maximum atomic E-state index is 13.1. The molecule has 9 nitrogen and oxygen atoms in total. The van der Waals surface area contributed by atoms with Gasteiger partial charge in [-0.2, -0.15) is 0 Å². The lowest BCUT2D eigenvalue weighted by molar-refractivity contribution is -0.385. The van der Waals surface area contributed by atoms with Crippen LogP contribution in [0.3, 0.4) is 0 Å². The summed E-state index contributed by atoms with van der Waals surface area (Å²) in [5.41, 5.74) is 0.648. The van der Waals surface area contributed by atoms with E-state index < -0.39 is 16.9 Å². The monoisotopic (exact) mass is 521 g/mol. The highest BCUT2D eigenvalue weighted by molar-refractivity contribution is 9.10. The van der Waals surface area contributed by atoms with Crippen molar-refractivity contribution >= 4 is 33.4 Å². The predicted octanol–water partition coefficient (Wildman–Crippen LogP) is 4.08. The first-order valence-electron chi connectivity index (χ1n) is 10.5. The van der Waals surface area contributed by atoms with Gasteiger partial charge >= 0.3 is 5.69 Å². The summed E-state index contributed by atoms with van der Waals surface area (Å²) in [6.45, 7) is 5.40. The van der Waals surface area contributed by atoms with Crippen LogP contribution in [-0.4, -0.2) is 47.4 Å². The van der Waals surface area contributed by atoms with Crippen LogP contribution in [-0.2, 0) is 16.1 Å². The normalized spacial score (nSPS) is 12.4. The van der Waals surface area contributed by atoms with Gasteiger partial charge in [-0.25, -0.2) is 0 Å². The average Bonchev–Trinajstić information content (AvgIpc) is 2.81. The number of nitrogens with one attached hydrogen (secondary N) is 1. The number of hydrogen-bond donors (Lipinski definition) is 1. The smallest absolute Gasteiger partial charge is 0.311 e. The molecule has 0 aliphatic rings. The van der Waals surface area contributed by atoms with Crippen LogP contribution in [0.1, 0.15) is 32.8 Å². The van der Waals surface area contributed by atoms with Crippen LogP contribution < -0.4 is 14.8 Å². The Balaban J connectivity index is 2.19. The van der Waals surface area contributed by atoms with Gasteiger partial charge in [-0.3, -0.25) is 19.7 Å². The Morgan fingerprint density at radius 1 is 1.18 bits per heavy atom. The van der Waals surface area contributed by atoms with Crippen molar-refractivity contribution < 1.29 is 24.0 Å². The molecule has 178 valence electrons. The molecule has 0 saturated heterocycles. The number of halogens is 1. The van der Waals surface area contributed by atoms with Crippen LogP contribution in [0.2, 0.25) is 0 Å². The van der Waals surface area contributed by atoms with Crippen molar-refractivity contribution in [1.29, 1.82) is 0 Å². The lowest BCUT2D eigenvalue weighted by Crippen LogP contribution is -2.50. The van der Waals surface area contributed by atoms with Gasteiger partial charge in [-0.05, 0) is 44.0 Å². The van der Waals surface area contributed by atoms with E-state index in [1.165, 1.54) is 30.2 Å². The van der Waals surface area contributed by atoms with Gasteiger partial charge in [0.1, 0.15) is 11.8 Å². The molecule has 33 heavy (non-hydrogen) atoms. The second kappa shape index (κ2) is 12.2. The summed E-state index contributed by atoms with van der Waals surface area (Å²) < 4.78 is 11.5. The molecule has 0 saturated carbocycles. The summed E-state index contributed by atoms with van der Waals surface area (Å²) in [5, 5.41) is 14.0. The van der Waals surface area contributed by atoms with Crippen molar-refractivity contribution in [3.8, 4) is 11.5 Å². The molecule has 0 aliphatic carbocycles. The Morgan fingerprint density at radius 3 is 2.42 bits per heavy atom. The largest absolute Gasteiger partial charge is 0.490 e. The first-order chi connectivity index (χ1) is 15.7. The van der Waals surface area contributed by atoms with Gasteiger partial charge in [-0.1, -0.05) is 35.0 Å². The minimum atomic E-state index is -0.731.